The van der Waals surface area contributed by atoms with E-state index in [9.17, 15) is 18.3 Å². The molecule has 7 nitrogen and oxygen atoms in total. The summed E-state index contributed by atoms with van der Waals surface area (Å²) >= 11 is 0. The Morgan fingerprint density at radius 3 is 2.67 bits per heavy atom. The van der Waals surface area contributed by atoms with Crippen LogP contribution in [0.15, 0.2) is 54.7 Å². The van der Waals surface area contributed by atoms with Crippen LogP contribution in [0.25, 0.3) is 32.8 Å². The van der Waals surface area contributed by atoms with E-state index in [0.29, 0.717) is 31.4 Å². The molecule has 0 bridgehead atoms. The summed E-state index contributed by atoms with van der Waals surface area (Å²) in [4.78, 5) is 17.7. The number of carbonyl (C=O) groups is 1. The quantitative estimate of drug-likeness (QED) is 0.222. The Balaban J connectivity index is 1.66. The van der Waals surface area contributed by atoms with E-state index < -0.39 is 27.5 Å². The van der Waals surface area contributed by atoms with Crippen molar-refractivity contribution < 1.29 is 27.8 Å². The molecule has 0 aliphatic carbocycles. The lowest BCUT2D eigenvalue weighted by atomic mass is 9.85. The average molecular weight is 562 g/mol. The number of fused-ring (bicyclic) bond motifs is 1. The Kier molecular flexibility index (Phi) is 7.59. The molecule has 5 rings (SSSR count). The molecule has 0 spiro atoms. The Morgan fingerprint density at radius 2 is 1.93 bits per heavy atom. The third-order valence-electron chi connectivity index (χ3n) is 7.60. The number of carboxylic acids is 1. The second-order valence-electron chi connectivity index (χ2n) is 11.3. The molecular weight excluding hydrogens is 526 g/mol. The monoisotopic (exact) mass is 561 g/mol. The van der Waals surface area contributed by atoms with Gasteiger partial charge in [-0.15, -0.1) is 0 Å². The summed E-state index contributed by atoms with van der Waals surface area (Å²) in [6, 6.07) is 15.9. The first kappa shape index (κ1) is 28.1. The predicted octanol–water partition coefficient (Wildman–Crippen LogP) is 6.43. The molecule has 1 atom stereocenters. The number of benzene rings is 3. The fraction of sp³-hybridized carbons (Fsp3) is 0.375. The number of sulfone groups is 1. The average Bonchev–Trinajstić information content (AvgIpc) is 2.89. The molecule has 8 heteroatoms. The van der Waals surface area contributed by atoms with Crippen molar-refractivity contribution >= 4 is 37.5 Å². The van der Waals surface area contributed by atoms with Crippen LogP contribution in [0.5, 0.6) is 5.75 Å². The number of hydrogen-bond donors (Lipinski definition) is 1. The minimum atomic E-state index is -3.06. The summed E-state index contributed by atoms with van der Waals surface area (Å²) in [6.07, 6.45) is 4.19. The number of rotatable bonds is 10. The van der Waals surface area contributed by atoms with Gasteiger partial charge in [-0.3, -0.25) is 4.98 Å². The van der Waals surface area contributed by atoms with E-state index in [1.165, 1.54) is 6.26 Å². The van der Waals surface area contributed by atoms with Gasteiger partial charge >= 0.3 is 5.97 Å². The first-order chi connectivity index (χ1) is 19.0. The molecule has 3 aromatic carbocycles. The number of aliphatic carboxylic acids is 1. The van der Waals surface area contributed by atoms with Gasteiger partial charge in [-0.2, -0.15) is 0 Å². The second-order valence-corrected chi connectivity index (χ2v) is 13.5. The number of hydrogen-bond acceptors (Lipinski definition) is 6. The largest absolute Gasteiger partial charge is 0.493 e. The molecule has 0 saturated heterocycles. The molecule has 0 fully saturated rings. The summed E-state index contributed by atoms with van der Waals surface area (Å²) in [7, 11) is -3.06. The van der Waals surface area contributed by atoms with Crippen LogP contribution in [0.1, 0.15) is 55.9 Å². The zero-order valence-electron chi connectivity index (χ0n) is 23.4. The van der Waals surface area contributed by atoms with Crippen molar-refractivity contribution in [3.63, 3.8) is 0 Å². The highest BCUT2D eigenvalue weighted by molar-refractivity contribution is 7.90. The molecule has 1 aromatic heterocycles. The Morgan fingerprint density at radius 1 is 1.15 bits per heavy atom. The SMILES string of the molecule is Cc1cc2ccccc2c(-c2ccc3c4c(ccnc24)CCO3)c1C(OC(C)(C)CCCCS(C)(=O)=O)C(=O)O. The van der Waals surface area contributed by atoms with Crippen molar-refractivity contribution in [1.29, 1.82) is 0 Å². The van der Waals surface area contributed by atoms with E-state index in [2.05, 4.69) is 0 Å². The summed E-state index contributed by atoms with van der Waals surface area (Å²) in [5.74, 6) is -0.197. The van der Waals surface area contributed by atoms with Gasteiger partial charge in [0.25, 0.3) is 0 Å². The van der Waals surface area contributed by atoms with Crippen molar-refractivity contribution in [3.8, 4) is 16.9 Å². The lowest BCUT2D eigenvalue weighted by Crippen LogP contribution is -2.31. The maximum absolute atomic E-state index is 12.9. The Bertz CT molecular complexity index is 1700. The number of aryl methyl sites for hydroxylation is 1. The molecular formula is C32H35NO6S. The van der Waals surface area contributed by atoms with Gasteiger partial charge in [-0.05, 0) is 85.7 Å². The molecule has 40 heavy (non-hydrogen) atoms. The lowest BCUT2D eigenvalue weighted by Gasteiger charge is -2.31. The second kappa shape index (κ2) is 10.8. The number of carboxylic acid groups (broad SMARTS) is 1. The fourth-order valence-corrected chi connectivity index (χ4v) is 6.49. The molecule has 1 aliphatic heterocycles. The molecule has 2 heterocycles. The van der Waals surface area contributed by atoms with E-state index in [1.807, 2.05) is 69.3 Å². The number of ether oxygens (including phenoxy) is 2. The predicted molar refractivity (Wildman–Crippen MR) is 158 cm³/mol. The van der Waals surface area contributed by atoms with E-state index in [1.54, 1.807) is 6.20 Å². The van der Waals surface area contributed by atoms with Gasteiger partial charge in [0, 0.05) is 41.1 Å². The van der Waals surface area contributed by atoms with Gasteiger partial charge in [0.2, 0.25) is 0 Å². The summed E-state index contributed by atoms with van der Waals surface area (Å²) in [5.41, 5.74) is 4.16. The zero-order valence-corrected chi connectivity index (χ0v) is 24.2. The molecule has 1 N–H and O–H groups in total. The minimum absolute atomic E-state index is 0.0984. The number of unbranched alkanes of at least 4 members (excludes halogenated alkanes) is 1. The third kappa shape index (κ3) is 5.69. The Hall–Kier alpha value is -3.49. The summed E-state index contributed by atoms with van der Waals surface area (Å²) in [6.45, 7) is 6.26. The number of nitrogens with zero attached hydrogens (tertiary/aromatic N) is 1. The standard InChI is InChI=1S/C32H35NO6S/c1-20-19-22-9-5-6-10-23(22)28(24-11-12-25-27-21(14-17-38-25)13-16-33-29(24)27)26(20)30(31(34)35)39-32(2,3)15-7-8-18-40(4,36)37/h5-6,9-13,16,19,30H,7-8,14-15,17-18H2,1-4H3,(H,34,35). The van der Waals surface area contributed by atoms with E-state index in [0.717, 1.165) is 56.1 Å². The van der Waals surface area contributed by atoms with Crippen molar-refractivity contribution in [2.24, 2.45) is 0 Å². The van der Waals surface area contributed by atoms with Crippen LogP contribution in [-0.2, 0) is 25.8 Å². The molecule has 1 unspecified atom stereocenters. The van der Waals surface area contributed by atoms with Crippen molar-refractivity contribution in [1.82, 2.24) is 4.98 Å². The van der Waals surface area contributed by atoms with Crippen LogP contribution >= 0.6 is 0 Å². The van der Waals surface area contributed by atoms with Crippen LogP contribution in [0, 0.1) is 6.92 Å². The van der Waals surface area contributed by atoms with Crippen molar-refractivity contribution in [2.75, 3.05) is 18.6 Å². The van der Waals surface area contributed by atoms with E-state index in [4.69, 9.17) is 14.5 Å². The number of aromatic nitrogens is 1. The summed E-state index contributed by atoms with van der Waals surface area (Å²) in [5, 5.41) is 13.4. The van der Waals surface area contributed by atoms with Gasteiger partial charge in [0.05, 0.1) is 17.7 Å². The smallest absolute Gasteiger partial charge is 0.337 e. The normalized spacial score (nSPS) is 14.3. The van der Waals surface area contributed by atoms with Crippen molar-refractivity contribution in [3.05, 3.63) is 71.4 Å². The molecule has 1 aliphatic rings. The number of pyridine rings is 1. The first-order valence-electron chi connectivity index (χ1n) is 13.6. The van der Waals surface area contributed by atoms with Crippen LogP contribution in [0.4, 0.5) is 0 Å². The topological polar surface area (TPSA) is 103 Å². The molecule has 0 saturated carbocycles. The summed E-state index contributed by atoms with van der Waals surface area (Å²) < 4.78 is 35.5. The minimum Gasteiger partial charge on any atom is -0.493 e. The van der Waals surface area contributed by atoms with E-state index in [-0.39, 0.29) is 5.75 Å². The van der Waals surface area contributed by atoms with Gasteiger partial charge in [-0.1, -0.05) is 30.3 Å². The molecule has 210 valence electrons. The van der Waals surface area contributed by atoms with Gasteiger partial charge in [0.1, 0.15) is 15.6 Å². The highest BCUT2D eigenvalue weighted by Gasteiger charge is 2.34. The fourth-order valence-electron chi connectivity index (χ4n) is 5.76. The van der Waals surface area contributed by atoms with E-state index >= 15 is 0 Å². The maximum atomic E-state index is 12.9. The third-order valence-corrected chi connectivity index (χ3v) is 8.63. The first-order valence-corrected chi connectivity index (χ1v) is 15.7. The zero-order chi connectivity index (χ0) is 28.7. The van der Waals surface area contributed by atoms with Crippen molar-refractivity contribution in [2.45, 2.75) is 58.2 Å². The molecule has 0 radical (unpaired) electrons. The Labute approximate surface area is 235 Å². The van der Waals surface area contributed by atoms with Gasteiger partial charge in [-0.25, -0.2) is 13.2 Å². The highest BCUT2D eigenvalue weighted by atomic mass is 32.2. The van der Waals surface area contributed by atoms with Crippen LogP contribution in [0.2, 0.25) is 0 Å². The molecule has 0 amide bonds. The van der Waals surface area contributed by atoms with Gasteiger partial charge in [0.15, 0.2) is 6.10 Å². The molecule has 4 aromatic rings. The van der Waals surface area contributed by atoms with Gasteiger partial charge < -0.3 is 14.6 Å². The van der Waals surface area contributed by atoms with Crippen LogP contribution in [-0.4, -0.2) is 48.7 Å². The maximum Gasteiger partial charge on any atom is 0.337 e. The highest BCUT2D eigenvalue weighted by Crippen LogP contribution is 2.45. The van der Waals surface area contributed by atoms with Crippen LogP contribution < -0.4 is 4.74 Å². The van der Waals surface area contributed by atoms with Crippen LogP contribution in [0.3, 0.4) is 0 Å². The lowest BCUT2D eigenvalue weighted by molar-refractivity contribution is -0.163.